The Labute approximate surface area is 60.4 Å². The molecule has 0 aromatic heterocycles. The maximum Gasteiger partial charge on any atom is 0.120 e. The van der Waals surface area contributed by atoms with Gasteiger partial charge in [0.15, 0.2) is 0 Å². The van der Waals surface area contributed by atoms with Gasteiger partial charge in [0.1, 0.15) is 5.84 Å². The predicted molar refractivity (Wildman–Crippen MR) is 41.5 cm³/mol. The van der Waals surface area contributed by atoms with Crippen LogP contribution in [0.5, 0.6) is 0 Å². The van der Waals surface area contributed by atoms with Crippen LogP contribution in [0.3, 0.4) is 0 Å². The molecule has 1 rings (SSSR count). The summed E-state index contributed by atoms with van der Waals surface area (Å²) in [4.78, 5) is 2.04. The third kappa shape index (κ3) is 1.80. The molecule has 4 heteroatoms. The van der Waals surface area contributed by atoms with E-state index in [-0.39, 0.29) is 0 Å². The highest BCUT2D eigenvalue weighted by atomic mass is 15.3. The normalized spacial score (nSPS) is 17.5. The van der Waals surface area contributed by atoms with Gasteiger partial charge in [-0.05, 0) is 14.1 Å². The Balaban J connectivity index is 2.37. The molecule has 0 amide bonds. The number of hydrogen-bond acceptors (Lipinski definition) is 3. The molecule has 1 aliphatic heterocycles. The maximum atomic E-state index is 7.18. The zero-order valence-corrected chi connectivity index (χ0v) is 6.31. The molecule has 56 valence electrons. The lowest BCUT2D eigenvalue weighted by Gasteiger charge is -2.06. The van der Waals surface area contributed by atoms with Gasteiger partial charge in [0.05, 0.1) is 5.71 Å². The van der Waals surface area contributed by atoms with E-state index in [0.717, 1.165) is 12.3 Å². The maximum absolute atomic E-state index is 7.18. The average molecular weight is 140 g/mol. The van der Waals surface area contributed by atoms with Crippen molar-refractivity contribution in [2.75, 3.05) is 20.6 Å². The Morgan fingerprint density at radius 2 is 2.40 bits per heavy atom. The summed E-state index contributed by atoms with van der Waals surface area (Å²) >= 11 is 0. The minimum absolute atomic E-state index is 0.497. The van der Waals surface area contributed by atoms with Crippen LogP contribution < -0.4 is 5.43 Å². The Kier molecular flexibility index (Phi) is 2.01. The molecule has 0 aromatic carbocycles. The van der Waals surface area contributed by atoms with Gasteiger partial charge in [0.2, 0.25) is 0 Å². The number of hydrazone groups is 1. The molecule has 0 radical (unpaired) electrons. The van der Waals surface area contributed by atoms with Crippen molar-refractivity contribution in [1.82, 2.24) is 10.3 Å². The topological polar surface area (TPSA) is 51.5 Å². The summed E-state index contributed by atoms with van der Waals surface area (Å²) in [6.07, 6.45) is 0.679. The van der Waals surface area contributed by atoms with E-state index in [4.69, 9.17) is 5.41 Å². The first-order valence-electron chi connectivity index (χ1n) is 3.22. The van der Waals surface area contributed by atoms with Crippen LogP contribution in [-0.2, 0) is 0 Å². The second-order valence-corrected chi connectivity index (χ2v) is 2.68. The fourth-order valence-corrected chi connectivity index (χ4v) is 0.886. The first-order chi connectivity index (χ1) is 4.68. The van der Waals surface area contributed by atoms with E-state index in [1.165, 1.54) is 0 Å². The van der Waals surface area contributed by atoms with Crippen molar-refractivity contribution in [3.05, 3.63) is 0 Å². The summed E-state index contributed by atoms with van der Waals surface area (Å²) < 4.78 is 0. The third-order valence-electron chi connectivity index (χ3n) is 1.23. The van der Waals surface area contributed by atoms with Crippen molar-refractivity contribution in [1.29, 1.82) is 5.41 Å². The summed E-state index contributed by atoms with van der Waals surface area (Å²) in [6, 6.07) is 0. The fourth-order valence-electron chi connectivity index (χ4n) is 0.886. The molecule has 1 aliphatic rings. The molecule has 1 heterocycles. The average Bonchev–Trinajstić information content (AvgIpc) is 2.13. The van der Waals surface area contributed by atoms with Gasteiger partial charge in [-0.2, -0.15) is 5.10 Å². The largest absolute Gasteiger partial charge is 0.304 e. The molecule has 0 atom stereocenters. The van der Waals surface area contributed by atoms with E-state index >= 15 is 0 Å². The number of nitrogens with zero attached hydrogens (tertiary/aromatic N) is 2. The highest BCUT2D eigenvalue weighted by Crippen LogP contribution is 1.95. The zero-order valence-electron chi connectivity index (χ0n) is 6.31. The Morgan fingerprint density at radius 3 is 2.80 bits per heavy atom. The number of nitrogens with one attached hydrogen (secondary N) is 2. The van der Waals surface area contributed by atoms with Crippen LogP contribution in [0.4, 0.5) is 0 Å². The van der Waals surface area contributed by atoms with Gasteiger partial charge in [-0.25, -0.2) is 0 Å². The molecular weight excluding hydrogens is 128 g/mol. The number of amidine groups is 1. The molecular formula is C6H12N4. The first kappa shape index (κ1) is 7.21. The third-order valence-corrected chi connectivity index (χ3v) is 1.23. The number of hydrogen-bond donors (Lipinski definition) is 2. The van der Waals surface area contributed by atoms with Crippen molar-refractivity contribution >= 4 is 11.5 Å². The van der Waals surface area contributed by atoms with E-state index in [0.29, 0.717) is 12.3 Å². The van der Waals surface area contributed by atoms with Crippen LogP contribution >= 0.6 is 0 Å². The summed E-state index contributed by atoms with van der Waals surface area (Å²) in [6.45, 7) is 0.843. The highest BCUT2D eigenvalue weighted by molar-refractivity contribution is 6.06. The molecule has 0 saturated carbocycles. The zero-order chi connectivity index (χ0) is 7.56. The summed E-state index contributed by atoms with van der Waals surface area (Å²) in [7, 11) is 3.98. The first-order valence-corrected chi connectivity index (χ1v) is 3.22. The number of rotatable bonds is 2. The van der Waals surface area contributed by atoms with Crippen LogP contribution in [-0.4, -0.2) is 37.1 Å². The monoisotopic (exact) mass is 140 g/mol. The van der Waals surface area contributed by atoms with E-state index < -0.39 is 0 Å². The van der Waals surface area contributed by atoms with E-state index in [1.54, 1.807) is 0 Å². The summed E-state index contributed by atoms with van der Waals surface area (Å²) in [5, 5.41) is 11.1. The molecule has 0 saturated heterocycles. The molecule has 0 unspecified atom stereocenters. The summed E-state index contributed by atoms with van der Waals surface area (Å²) in [5.41, 5.74) is 3.66. The quantitative estimate of drug-likeness (QED) is 0.561. The van der Waals surface area contributed by atoms with Gasteiger partial charge in [0.25, 0.3) is 0 Å². The second kappa shape index (κ2) is 2.79. The molecule has 0 spiro atoms. The molecule has 2 N–H and O–H groups in total. The van der Waals surface area contributed by atoms with Gasteiger partial charge >= 0.3 is 0 Å². The van der Waals surface area contributed by atoms with Crippen LogP contribution in [0.25, 0.3) is 0 Å². The van der Waals surface area contributed by atoms with Crippen LogP contribution in [0.1, 0.15) is 6.42 Å². The fraction of sp³-hybridized carbons (Fsp3) is 0.667. The van der Waals surface area contributed by atoms with E-state index in [9.17, 15) is 0 Å². The lowest BCUT2D eigenvalue weighted by molar-refractivity contribution is 0.468. The van der Waals surface area contributed by atoms with Gasteiger partial charge in [-0.3, -0.25) is 10.8 Å². The van der Waals surface area contributed by atoms with Crippen molar-refractivity contribution in [2.24, 2.45) is 5.10 Å². The SMILES string of the molecule is CN(C)CC1=NNC(=N)C1. The standard InChI is InChI=1S/C6H12N4/c1-10(2)4-5-3-6(7)9-8-5/h3-4H2,1-2H3,(H2,7,9). The molecule has 0 fully saturated rings. The van der Waals surface area contributed by atoms with Crippen LogP contribution in [0.15, 0.2) is 5.10 Å². The van der Waals surface area contributed by atoms with Gasteiger partial charge in [0, 0.05) is 13.0 Å². The summed E-state index contributed by atoms with van der Waals surface area (Å²) in [5.74, 6) is 0.497. The van der Waals surface area contributed by atoms with Crippen molar-refractivity contribution in [3.63, 3.8) is 0 Å². The van der Waals surface area contributed by atoms with Gasteiger partial charge in [-0.1, -0.05) is 0 Å². The molecule has 0 aliphatic carbocycles. The molecule has 0 aromatic rings. The van der Waals surface area contributed by atoms with E-state index in [1.807, 2.05) is 19.0 Å². The van der Waals surface area contributed by atoms with Gasteiger partial charge in [-0.15, -0.1) is 0 Å². The van der Waals surface area contributed by atoms with Crippen molar-refractivity contribution < 1.29 is 0 Å². The van der Waals surface area contributed by atoms with Gasteiger partial charge < -0.3 is 4.90 Å². The molecule has 4 nitrogen and oxygen atoms in total. The molecule has 0 bridgehead atoms. The minimum atomic E-state index is 0.497. The van der Waals surface area contributed by atoms with E-state index in [2.05, 4.69) is 10.5 Å². The molecule has 10 heavy (non-hydrogen) atoms. The highest BCUT2D eigenvalue weighted by Gasteiger charge is 2.10. The Bertz CT molecular complexity index is 171. The second-order valence-electron chi connectivity index (χ2n) is 2.68. The minimum Gasteiger partial charge on any atom is -0.304 e. The van der Waals surface area contributed by atoms with Crippen molar-refractivity contribution in [3.8, 4) is 0 Å². The Hall–Kier alpha value is -0.900. The van der Waals surface area contributed by atoms with Crippen molar-refractivity contribution in [2.45, 2.75) is 6.42 Å². The Morgan fingerprint density at radius 1 is 1.70 bits per heavy atom. The lowest BCUT2D eigenvalue weighted by atomic mass is 10.2. The lowest BCUT2D eigenvalue weighted by Crippen LogP contribution is -2.20. The smallest absolute Gasteiger partial charge is 0.120 e. The van der Waals surface area contributed by atoms with Crippen LogP contribution in [0.2, 0.25) is 0 Å². The van der Waals surface area contributed by atoms with Crippen LogP contribution in [0, 0.1) is 5.41 Å². The predicted octanol–water partition coefficient (Wildman–Crippen LogP) is -0.125.